The van der Waals surface area contributed by atoms with Crippen molar-refractivity contribution >= 4 is 49.3 Å². The molecule has 2 aromatic carbocycles. The van der Waals surface area contributed by atoms with E-state index in [9.17, 15) is 13.2 Å². The Labute approximate surface area is 165 Å². The van der Waals surface area contributed by atoms with Crippen LogP contribution >= 0.6 is 27.5 Å². The Morgan fingerprint density at radius 2 is 1.88 bits per heavy atom. The van der Waals surface area contributed by atoms with Crippen molar-refractivity contribution in [3.05, 3.63) is 52.0 Å². The molecule has 2 rings (SSSR count). The first kappa shape index (κ1) is 20.5. The summed E-state index contributed by atoms with van der Waals surface area (Å²) < 4.78 is 28.7. The number of rotatable bonds is 7. The summed E-state index contributed by atoms with van der Waals surface area (Å²) in [5.41, 5.74) is 0.452. The number of carbonyl (C=O) groups excluding carboxylic acids is 1. The van der Waals surface area contributed by atoms with Crippen molar-refractivity contribution in [2.45, 2.75) is 11.3 Å². The summed E-state index contributed by atoms with van der Waals surface area (Å²) in [6.07, 6.45) is 0.587. The first-order valence-corrected chi connectivity index (χ1v) is 10.2. The maximum absolute atomic E-state index is 11.8. The molecule has 0 unspecified atom stereocenters. The molecule has 0 bridgehead atoms. The van der Waals surface area contributed by atoms with Crippen molar-refractivity contribution in [2.75, 3.05) is 18.5 Å². The van der Waals surface area contributed by atoms with Crippen molar-refractivity contribution in [3.63, 3.8) is 0 Å². The average molecular weight is 463 g/mol. The van der Waals surface area contributed by atoms with Crippen LogP contribution in [0.2, 0.25) is 5.02 Å². The average Bonchev–Trinajstić information content (AvgIpc) is 2.56. The molecule has 140 valence electrons. The lowest BCUT2D eigenvalue weighted by Gasteiger charge is -2.10. The zero-order chi connectivity index (χ0) is 19.2. The number of amides is 2. The number of carbonyl (C=O) groups is 1. The first-order valence-electron chi connectivity index (χ1n) is 7.51. The van der Waals surface area contributed by atoms with E-state index in [1.54, 1.807) is 12.1 Å². The number of hydrogen-bond acceptors (Lipinski definition) is 4. The van der Waals surface area contributed by atoms with Crippen molar-refractivity contribution < 1.29 is 17.9 Å². The van der Waals surface area contributed by atoms with Crippen molar-refractivity contribution in [1.82, 2.24) is 5.32 Å². The Hall–Kier alpha value is -1.81. The van der Waals surface area contributed by atoms with Gasteiger partial charge in [-0.15, -0.1) is 0 Å². The van der Waals surface area contributed by atoms with Crippen LogP contribution in [-0.2, 0) is 10.0 Å². The fourth-order valence-electron chi connectivity index (χ4n) is 1.95. The number of sulfonamides is 1. The van der Waals surface area contributed by atoms with Gasteiger partial charge in [0.25, 0.3) is 0 Å². The SMILES string of the molecule is NS(=O)(=O)c1ccc(NC(=O)NCCCOc2ccc(Br)cc2Cl)cc1. The van der Waals surface area contributed by atoms with E-state index in [1.807, 2.05) is 6.07 Å². The van der Waals surface area contributed by atoms with Crippen LogP contribution in [0.15, 0.2) is 51.8 Å². The Morgan fingerprint density at radius 3 is 2.50 bits per heavy atom. The second-order valence-corrected chi connectivity index (χ2v) is 8.11. The molecular weight excluding hydrogens is 446 g/mol. The highest BCUT2D eigenvalue weighted by Gasteiger charge is 2.08. The molecule has 0 aliphatic rings. The summed E-state index contributed by atoms with van der Waals surface area (Å²) in [6, 6.07) is 10.5. The maximum atomic E-state index is 11.8. The molecule has 0 aliphatic heterocycles. The number of halogens is 2. The number of benzene rings is 2. The Kier molecular flexibility index (Phi) is 7.27. The molecule has 0 atom stereocenters. The molecule has 4 N–H and O–H groups in total. The predicted molar refractivity (Wildman–Crippen MR) is 104 cm³/mol. The van der Waals surface area contributed by atoms with Gasteiger partial charge in [-0.1, -0.05) is 27.5 Å². The predicted octanol–water partition coefficient (Wildman–Crippen LogP) is 3.34. The summed E-state index contributed by atoms with van der Waals surface area (Å²) in [6.45, 7) is 0.792. The van der Waals surface area contributed by atoms with Crippen molar-refractivity contribution in [1.29, 1.82) is 0 Å². The fourth-order valence-corrected chi connectivity index (χ4v) is 3.20. The van der Waals surface area contributed by atoms with Crippen LogP contribution in [0.4, 0.5) is 10.5 Å². The first-order chi connectivity index (χ1) is 12.3. The van der Waals surface area contributed by atoms with Crippen LogP contribution in [0, 0.1) is 0 Å². The zero-order valence-corrected chi connectivity index (χ0v) is 16.7. The lowest BCUT2D eigenvalue weighted by Crippen LogP contribution is -2.30. The monoisotopic (exact) mass is 461 g/mol. The fraction of sp³-hybridized carbons (Fsp3) is 0.188. The smallest absolute Gasteiger partial charge is 0.319 e. The van der Waals surface area contributed by atoms with Crippen LogP contribution in [0.25, 0.3) is 0 Å². The molecule has 0 saturated carbocycles. The van der Waals surface area contributed by atoms with Gasteiger partial charge < -0.3 is 15.4 Å². The van der Waals surface area contributed by atoms with Crippen LogP contribution in [-0.4, -0.2) is 27.6 Å². The third-order valence-electron chi connectivity index (χ3n) is 3.20. The minimum atomic E-state index is -3.75. The second kappa shape index (κ2) is 9.22. The van der Waals surface area contributed by atoms with E-state index < -0.39 is 16.1 Å². The van der Waals surface area contributed by atoms with Gasteiger partial charge in [-0.2, -0.15) is 0 Å². The van der Waals surface area contributed by atoms with Gasteiger partial charge in [-0.25, -0.2) is 18.4 Å². The maximum Gasteiger partial charge on any atom is 0.319 e. The minimum absolute atomic E-state index is 0.0211. The third kappa shape index (κ3) is 6.49. The molecule has 10 heteroatoms. The van der Waals surface area contributed by atoms with Crippen molar-refractivity contribution in [3.8, 4) is 5.75 Å². The molecular formula is C16H17BrClN3O4S. The van der Waals surface area contributed by atoms with E-state index in [2.05, 4.69) is 26.6 Å². The van der Waals surface area contributed by atoms with Gasteiger partial charge in [-0.3, -0.25) is 0 Å². The van der Waals surface area contributed by atoms with E-state index >= 15 is 0 Å². The van der Waals surface area contributed by atoms with Crippen molar-refractivity contribution in [2.24, 2.45) is 5.14 Å². The number of primary sulfonamides is 1. The van der Waals surface area contributed by atoms with Crippen LogP contribution in [0.1, 0.15) is 6.42 Å². The zero-order valence-electron chi connectivity index (χ0n) is 13.5. The number of nitrogens with two attached hydrogens (primary N) is 1. The van der Waals surface area contributed by atoms with Gasteiger partial charge in [0.2, 0.25) is 10.0 Å². The number of nitrogens with one attached hydrogen (secondary N) is 2. The summed E-state index contributed by atoms with van der Waals surface area (Å²) in [5, 5.41) is 10.8. The van der Waals surface area contributed by atoms with Gasteiger partial charge in [0, 0.05) is 16.7 Å². The van der Waals surface area contributed by atoms with E-state index in [0.29, 0.717) is 36.0 Å². The van der Waals surface area contributed by atoms with Gasteiger partial charge in [0.05, 0.1) is 16.5 Å². The molecule has 26 heavy (non-hydrogen) atoms. The van der Waals surface area contributed by atoms with Crippen LogP contribution < -0.4 is 20.5 Å². The normalized spacial score (nSPS) is 11.0. The third-order valence-corrected chi connectivity index (χ3v) is 4.92. The molecule has 0 fully saturated rings. The van der Waals surface area contributed by atoms with Gasteiger partial charge in [0.1, 0.15) is 5.75 Å². The molecule has 0 aromatic heterocycles. The van der Waals surface area contributed by atoms with E-state index in [1.165, 1.54) is 24.3 Å². The standard InChI is InChI=1S/C16H17BrClN3O4S/c17-11-2-7-15(14(18)10-11)25-9-1-8-20-16(22)21-12-3-5-13(6-4-12)26(19,23)24/h2-7,10H,1,8-9H2,(H2,19,23,24)(H2,20,21,22). The highest BCUT2D eigenvalue weighted by Crippen LogP contribution is 2.27. The molecule has 0 saturated heterocycles. The van der Waals surface area contributed by atoms with Crippen LogP contribution in [0.5, 0.6) is 5.75 Å². The summed E-state index contributed by atoms with van der Waals surface area (Å²) in [7, 11) is -3.75. The number of urea groups is 1. The van der Waals surface area contributed by atoms with E-state index in [-0.39, 0.29) is 4.90 Å². The van der Waals surface area contributed by atoms with Gasteiger partial charge in [-0.05, 0) is 48.9 Å². The van der Waals surface area contributed by atoms with Crippen LogP contribution in [0.3, 0.4) is 0 Å². The molecule has 0 spiro atoms. The Morgan fingerprint density at radius 1 is 1.19 bits per heavy atom. The van der Waals surface area contributed by atoms with Gasteiger partial charge in [0.15, 0.2) is 0 Å². The lowest BCUT2D eigenvalue weighted by molar-refractivity contribution is 0.250. The molecule has 2 aromatic rings. The molecule has 0 heterocycles. The highest BCUT2D eigenvalue weighted by atomic mass is 79.9. The topological polar surface area (TPSA) is 111 Å². The lowest BCUT2D eigenvalue weighted by atomic mass is 10.3. The summed E-state index contributed by atoms with van der Waals surface area (Å²) in [5.74, 6) is 0.578. The molecule has 7 nitrogen and oxygen atoms in total. The minimum Gasteiger partial charge on any atom is -0.492 e. The number of anilines is 1. The largest absolute Gasteiger partial charge is 0.492 e. The molecule has 0 radical (unpaired) electrons. The Balaban J connectivity index is 1.70. The van der Waals surface area contributed by atoms with E-state index in [4.69, 9.17) is 21.5 Å². The van der Waals surface area contributed by atoms with E-state index in [0.717, 1.165) is 4.47 Å². The summed E-state index contributed by atoms with van der Waals surface area (Å²) in [4.78, 5) is 11.8. The number of ether oxygens (including phenoxy) is 1. The second-order valence-electron chi connectivity index (χ2n) is 5.23. The summed E-state index contributed by atoms with van der Waals surface area (Å²) >= 11 is 9.36. The van der Waals surface area contributed by atoms with Gasteiger partial charge >= 0.3 is 6.03 Å². The highest BCUT2D eigenvalue weighted by molar-refractivity contribution is 9.10. The quantitative estimate of drug-likeness (QED) is 0.548. The molecule has 0 aliphatic carbocycles. The molecule has 2 amide bonds. The number of hydrogen-bond donors (Lipinski definition) is 3. The Bertz CT molecular complexity index is 876.